The van der Waals surface area contributed by atoms with Crippen LogP contribution in [0, 0.1) is 0 Å². The Hall–Kier alpha value is -1.62. The van der Waals surface area contributed by atoms with Crippen molar-refractivity contribution in [2.24, 2.45) is 0 Å². The number of hydrogen-bond acceptors (Lipinski definition) is 3. The van der Waals surface area contributed by atoms with Crippen LogP contribution in [0.1, 0.15) is 16.5 Å². The van der Waals surface area contributed by atoms with E-state index >= 15 is 0 Å². The second-order valence-corrected chi connectivity index (χ2v) is 5.88. The summed E-state index contributed by atoms with van der Waals surface area (Å²) in [7, 11) is 0. The number of aliphatic hydroxyl groups is 1. The van der Waals surface area contributed by atoms with Crippen LogP contribution in [0.2, 0.25) is 4.34 Å². The Morgan fingerprint density at radius 2 is 2.05 bits per heavy atom. The van der Waals surface area contributed by atoms with Gasteiger partial charge in [-0.15, -0.1) is 11.3 Å². The molecule has 0 bridgehead atoms. The highest BCUT2D eigenvalue weighted by Gasteiger charge is 2.11. The van der Waals surface area contributed by atoms with E-state index in [9.17, 15) is 9.90 Å². The normalized spacial score (nSPS) is 12.5. The zero-order valence-electron chi connectivity index (χ0n) is 10.6. The first-order valence-corrected chi connectivity index (χ1v) is 7.28. The number of halogens is 1. The fourth-order valence-corrected chi connectivity index (χ4v) is 2.68. The molecule has 0 fully saturated rings. The Labute approximate surface area is 126 Å². The molecule has 2 rings (SSSR count). The van der Waals surface area contributed by atoms with Crippen molar-refractivity contribution in [3.63, 3.8) is 0 Å². The third kappa shape index (κ3) is 4.20. The van der Waals surface area contributed by atoms with Crippen molar-refractivity contribution in [1.82, 2.24) is 5.32 Å². The third-order valence-corrected chi connectivity index (χ3v) is 3.89. The fraction of sp³-hybridized carbons (Fsp3) is 0.133. The lowest BCUT2D eigenvalue weighted by Crippen LogP contribution is -2.29. The van der Waals surface area contributed by atoms with Crippen LogP contribution in [0.4, 0.5) is 0 Å². The predicted octanol–water partition coefficient (Wildman–Crippen LogP) is 3.26. The zero-order chi connectivity index (χ0) is 14.4. The minimum absolute atomic E-state index is 0.144. The molecule has 0 aliphatic rings. The monoisotopic (exact) mass is 307 g/mol. The molecule has 5 heteroatoms. The largest absolute Gasteiger partial charge is 0.394 e. The summed E-state index contributed by atoms with van der Waals surface area (Å²) in [4.78, 5) is 12.7. The van der Waals surface area contributed by atoms with Crippen LogP contribution in [0.15, 0.2) is 48.5 Å². The van der Waals surface area contributed by atoms with Gasteiger partial charge in [-0.3, -0.25) is 4.79 Å². The first-order chi connectivity index (χ1) is 9.69. The van der Waals surface area contributed by atoms with Crippen LogP contribution in [-0.2, 0) is 4.79 Å². The molecule has 0 aliphatic heterocycles. The molecule has 104 valence electrons. The molecule has 0 spiro atoms. The van der Waals surface area contributed by atoms with E-state index in [0.29, 0.717) is 4.34 Å². The zero-order valence-corrected chi connectivity index (χ0v) is 12.2. The van der Waals surface area contributed by atoms with E-state index in [1.165, 1.54) is 17.4 Å². The van der Waals surface area contributed by atoms with Gasteiger partial charge in [-0.1, -0.05) is 41.9 Å². The van der Waals surface area contributed by atoms with E-state index < -0.39 is 6.04 Å². The number of nitrogens with one attached hydrogen (secondary N) is 1. The molecule has 1 aromatic heterocycles. The van der Waals surface area contributed by atoms with E-state index in [0.717, 1.165) is 10.4 Å². The average Bonchev–Trinajstić information content (AvgIpc) is 2.89. The standard InChI is InChI=1S/C15H14ClNO2S/c16-14-8-6-12(20-14)7-9-15(19)17-13(10-18)11-4-2-1-3-5-11/h1-9,13,18H,10H2,(H,17,19)/b9-7+/t13-/m1/s1. The summed E-state index contributed by atoms with van der Waals surface area (Å²) in [5.41, 5.74) is 0.871. The molecule has 2 aromatic rings. The molecular formula is C15H14ClNO2S. The van der Waals surface area contributed by atoms with Gasteiger partial charge in [0.05, 0.1) is 17.0 Å². The first-order valence-electron chi connectivity index (χ1n) is 6.09. The fourth-order valence-electron chi connectivity index (χ4n) is 1.72. The molecule has 20 heavy (non-hydrogen) atoms. The predicted molar refractivity (Wildman–Crippen MR) is 82.8 cm³/mol. The summed E-state index contributed by atoms with van der Waals surface area (Å²) in [5, 5.41) is 12.1. The van der Waals surface area contributed by atoms with Gasteiger partial charge in [0.2, 0.25) is 5.91 Å². The second kappa shape index (κ2) is 7.24. The number of carbonyl (C=O) groups excluding carboxylic acids is 1. The molecule has 0 radical (unpaired) electrons. The van der Waals surface area contributed by atoms with Crippen molar-refractivity contribution in [1.29, 1.82) is 0 Å². The maximum Gasteiger partial charge on any atom is 0.244 e. The highest BCUT2D eigenvalue weighted by molar-refractivity contribution is 7.17. The molecule has 0 unspecified atom stereocenters. The van der Waals surface area contributed by atoms with E-state index in [2.05, 4.69) is 5.32 Å². The molecule has 2 N–H and O–H groups in total. The van der Waals surface area contributed by atoms with Crippen LogP contribution in [-0.4, -0.2) is 17.6 Å². The highest BCUT2D eigenvalue weighted by Crippen LogP contribution is 2.22. The highest BCUT2D eigenvalue weighted by atomic mass is 35.5. The third-order valence-electron chi connectivity index (χ3n) is 2.69. The second-order valence-electron chi connectivity index (χ2n) is 4.13. The summed E-state index contributed by atoms with van der Waals surface area (Å²) in [6.45, 7) is -0.144. The van der Waals surface area contributed by atoms with Crippen LogP contribution >= 0.6 is 22.9 Å². The lowest BCUT2D eigenvalue weighted by Gasteiger charge is -2.15. The first kappa shape index (κ1) is 14.8. The Kier molecular flexibility index (Phi) is 5.35. The van der Waals surface area contributed by atoms with Gasteiger partial charge in [0.25, 0.3) is 0 Å². The number of aliphatic hydroxyl groups excluding tert-OH is 1. The smallest absolute Gasteiger partial charge is 0.244 e. The summed E-state index contributed by atoms with van der Waals surface area (Å²) < 4.78 is 0.683. The number of benzene rings is 1. The van der Waals surface area contributed by atoms with Gasteiger partial charge in [-0.25, -0.2) is 0 Å². The molecule has 1 amide bonds. The number of thiophene rings is 1. The number of rotatable bonds is 5. The van der Waals surface area contributed by atoms with Crippen molar-refractivity contribution in [2.45, 2.75) is 6.04 Å². The summed E-state index contributed by atoms with van der Waals surface area (Å²) in [6, 6.07) is 12.6. The van der Waals surface area contributed by atoms with Crippen LogP contribution < -0.4 is 5.32 Å². The minimum Gasteiger partial charge on any atom is -0.394 e. The molecule has 0 saturated carbocycles. The van der Waals surface area contributed by atoms with Crippen molar-refractivity contribution in [2.75, 3.05) is 6.61 Å². The van der Waals surface area contributed by atoms with Crippen molar-refractivity contribution >= 4 is 34.9 Å². The molecular weight excluding hydrogens is 294 g/mol. The van der Waals surface area contributed by atoms with Crippen molar-refractivity contribution in [3.8, 4) is 0 Å². The maximum absolute atomic E-state index is 11.8. The van der Waals surface area contributed by atoms with Crippen LogP contribution in [0.3, 0.4) is 0 Å². The van der Waals surface area contributed by atoms with E-state index in [1.54, 1.807) is 12.1 Å². The summed E-state index contributed by atoms with van der Waals surface area (Å²) >= 11 is 7.21. The Morgan fingerprint density at radius 1 is 1.30 bits per heavy atom. The molecule has 0 saturated heterocycles. The molecule has 1 aromatic carbocycles. The van der Waals surface area contributed by atoms with Gasteiger partial charge < -0.3 is 10.4 Å². The number of hydrogen-bond donors (Lipinski definition) is 2. The van der Waals surface area contributed by atoms with Gasteiger partial charge in [-0.2, -0.15) is 0 Å². The molecule has 1 atom stereocenters. The van der Waals surface area contributed by atoms with Crippen LogP contribution in [0.25, 0.3) is 6.08 Å². The number of amides is 1. The van der Waals surface area contributed by atoms with Gasteiger partial charge in [0.1, 0.15) is 0 Å². The lowest BCUT2D eigenvalue weighted by molar-refractivity contribution is -0.117. The van der Waals surface area contributed by atoms with E-state index in [1.807, 2.05) is 36.4 Å². The van der Waals surface area contributed by atoms with Gasteiger partial charge in [-0.05, 0) is 23.8 Å². The topological polar surface area (TPSA) is 49.3 Å². The SMILES string of the molecule is O=C(/C=C/c1ccc(Cl)s1)N[C@H](CO)c1ccccc1. The molecule has 3 nitrogen and oxygen atoms in total. The van der Waals surface area contributed by atoms with Gasteiger partial charge >= 0.3 is 0 Å². The average molecular weight is 308 g/mol. The van der Waals surface area contributed by atoms with E-state index in [-0.39, 0.29) is 12.5 Å². The van der Waals surface area contributed by atoms with Crippen LogP contribution in [0.5, 0.6) is 0 Å². The van der Waals surface area contributed by atoms with Crippen molar-refractivity contribution < 1.29 is 9.90 Å². The summed E-state index contributed by atoms with van der Waals surface area (Å²) in [6.07, 6.45) is 3.14. The molecule has 1 heterocycles. The molecule has 0 aliphatic carbocycles. The summed E-state index contributed by atoms with van der Waals surface area (Å²) in [5.74, 6) is -0.252. The number of carbonyl (C=O) groups is 1. The Bertz CT molecular complexity index is 595. The Balaban J connectivity index is 1.98. The minimum atomic E-state index is -0.403. The van der Waals surface area contributed by atoms with Gasteiger partial charge in [0, 0.05) is 11.0 Å². The quantitative estimate of drug-likeness (QED) is 0.833. The van der Waals surface area contributed by atoms with E-state index in [4.69, 9.17) is 11.6 Å². The van der Waals surface area contributed by atoms with Crippen molar-refractivity contribution in [3.05, 3.63) is 63.3 Å². The maximum atomic E-state index is 11.8. The Morgan fingerprint density at radius 3 is 2.65 bits per heavy atom. The lowest BCUT2D eigenvalue weighted by atomic mass is 10.1. The van der Waals surface area contributed by atoms with Gasteiger partial charge in [0.15, 0.2) is 0 Å².